The molecule has 16 heavy (non-hydrogen) atoms. The summed E-state index contributed by atoms with van der Waals surface area (Å²) >= 11 is 5.33. The predicted octanol–water partition coefficient (Wildman–Crippen LogP) is 3.27. The van der Waals surface area contributed by atoms with Gasteiger partial charge < -0.3 is 5.32 Å². The van der Waals surface area contributed by atoms with E-state index in [1.165, 1.54) is 12.1 Å². The maximum absolute atomic E-state index is 12.3. The average molecular weight is 252 g/mol. The zero-order chi connectivity index (χ0) is 12.2. The van der Waals surface area contributed by atoms with Crippen molar-refractivity contribution in [3.8, 4) is 0 Å². The number of carbonyl (C=O) groups is 1. The molecule has 1 aromatic carbocycles. The lowest BCUT2D eigenvalue weighted by Gasteiger charge is -2.09. The largest absolute Gasteiger partial charge is 0.416 e. The summed E-state index contributed by atoms with van der Waals surface area (Å²) in [5.74, 6) is -0.278. The lowest BCUT2D eigenvalue weighted by atomic mass is 10.2. The van der Waals surface area contributed by atoms with E-state index in [1.54, 1.807) is 0 Å². The number of rotatable bonds is 3. The summed E-state index contributed by atoms with van der Waals surface area (Å²) in [6, 6.07) is 4.45. The maximum Gasteiger partial charge on any atom is 0.416 e. The molecular weight excluding hydrogens is 243 g/mol. The maximum atomic E-state index is 12.3. The van der Waals surface area contributed by atoms with Gasteiger partial charge in [0.15, 0.2) is 0 Å². The van der Waals surface area contributed by atoms with E-state index in [0.717, 1.165) is 12.1 Å². The van der Waals surface area contributed by atoms with Gasteiger partial charge in [0, 0.05) is 18.0 Å². The monoisotopic (exact) mass is 251 g/mol. The Morgan fingerprint density at radius 2 is 2.06 bits per heavy atom. The molecule has 1 aromatic rings. The minimum Gasteiger partial charge on any atom is -0.326 e. The molecule has 0 atom stereocenters. The Bertz CT molecular complexity index is 379. The van der Waals surface area contributed by atoms with Crippen molar-refractivity contribution in [3.05, 3.63) is 29.8 Å². The highest BCUT2D eigenvalue weighted by Gasteiger charge is 2.30. The van der Waals surface area contributed by atoms with Crippen molar-refractivity contribution in [2.45, 2.75) is 12.6 Å². The molecule has 6 heteroatoms. The van der Waals surface area contributed by atoms with E-state index >= 15 is 0 Å². The predicted molar refractivity (Wildman–Crippen MR) is 55.4 cm³/mol. The van der Waals surface area contributed by atoms with Gasteiger partial charge in [0.25, 0.3) is 0 Å². The van der Waals surface area contributed by atoms with E-state index in [9.17, 15) is 18.0 Å². The number of hydrogen-bond acceptors (Lipinski definition) is 1. The third-order valence-electron chi connectivity index (χ3n) is 1.80. The van der Waals surface area contributed by atoms with Crippen LogP contribution in [0.4, 0.5) is 18.9 Å². The molecular formula is C10H9ClF3NO. The first-order valence-electron chi connectivity index (χ1n) is 4.46. The van der Waals surface area contributed by atoms with E-state index < -0.39 is 17.6 Å². The number of benzene rings is 1. The number of nitrogens with one attached hydrogen (secondary N) is 1. The van der Waals surface area contributed by atoms with E-state index in [0.29, 0.717) is 0 Å². The van der Waals surface area contributed by atoms with Crippen LogP contribution >= 0.6 is 11.6 Å². The average Bonchev–Trinajstić information content (AvgIpc) is 2.17. The lowest BCUT2D eigenvalue weighted by Crippen LogP contribution is -2.13. The van der Waals surface area contributed by atoms with Gasteiger partial charge in [0.2, 0.25) is 5.91 Å². The highest BCUT2D eigenvalue weighted by Crippen LogP contribution is 2.30. The molecule has 0 bridgehead atoms. The Morgan fingerprint density at radius 3 is 2.62 bits per heavy atom. The smallest absolute Gasteiger partial charge is 0.326 e. The molecule has 0 radical (unpaired) electrons. The summed E-state index contributed by atoms with van der Waals surface area (Å²) in [5.41, 5.74) is -0.680. The van der Waals surface area contributed by atoms with Crippen LogP contribution in [0.5, 0.6) is 0 Å². The van der Waals surface area contributed by atoms with Gasteiger partial charge in [-0.05, 0) is 18.2 Å². The van der Waals surface area contributed by atoms with Gasteiger partial charge in [-0.25, -0.2) is 0 Å². The minimum absolute atomic E-state index is 0.0673. The van der Waals surface area contributed by atoms with Gasteiger partial charge in [0.1, 0.15) is 0 Å². The van der Waals surface area contributed by atoms with Crippen LogP contribution in [0.3, 0.4) is 0 Å². The summed E-state index contributed by atoms with van der Waals surface area (Å²) in [5, 5.41) is 2.33. The zero-order valence-electron chi connectivity index (χ0n) is 8.14. The number of alkyl halides is 4. The molecule has 0 unspecified atom stereocenters. The summed E-state index contributed by atoms with van der Waals surface area (Å²) in [6.45, 7) is 0. The third-order valence-corrected chi connectivity index (χ3v) is 1.98. The molecule has 0 saturated heterocycles. The first kappa shape index (κ1) is 12.8. The molecule has 1 rings (SSSR count). The standard InChI is InChI=1S/C10H9ClF3NO/c11-5-4-9(16)15-8-3-1-2-7(6-8)10(12,13)14/h1-3,6H,4-5H2,(H,15,16). The molecule has 0 heterocycles. The van der Waals surface area contributed by atoms with E-state index in [1.807, 2.05) is 0 Å². The van der Waals surface area contributed by atoms with Crippen molar-refractivity contribution in [1.29, 1.82) is 0 Å². The second kappa shape index (κ2) is 5.21. The SMILES string of the molecule is O=C(CCCl)Nc1cccc(C(F)(F)F)c1. The molecule has 0 spiro atoms. The van der Waals surface area contributed by atoms with E-state index in [-0.39, 0.29) is 18.0 Å². The van der Waals surface area contributed by atoms with Crippen LogP contribution in [0.25, 0.3) is 0 Å². The van der Waals surface area contributed by atoms with Gasteiger partial charge in [-0.1, -0.05) is 6.07 Å². The van der Waals surface area contributed by atoms with Crippen LogP contribution in [0, 0.1) is 0 Å². The molecule has 2 nitrogen and oxygen atoms in total. The van der Waals surface area contributed by atoms with Crippen molar-refractivity contribution < 1.29 is 18.0 Å². The fraction of sp³-hybridized carbons (Fsp3) is 0.300. The number of hydrogen-bond donors (Lipinski definition) is 1. The second-order valence-corrected chi connectivity index (χ2v) is 3.44. The number of anilines is 1. The Labute approximate surface area is 95.4 Å². The first-order chi connectivity index (χ1) is 7.43. The number of halogens is 4. The minimum atomic E-state index is -4.41. The van der Waals surface area contributed by atoms with Crippen LogP contribution in [-0.4, -0.2) is 11.8 Å². The van der Waals surface area contributed by atoms with Crippen LogP contribution in [-0.2, 0) is 11.0 Å². The van der Waals surface area contributed by atoms with Crippen LogP contribution in [0.2, 0.25) is 0 Å². The Morgan fingerprint density at radius 1 is 1.38 bits per heavy atom. The van der Waals surface area contributed by atoms with Crippen LogP contribution < -0.4 is 5.32 Å². The molecule has 0 aliphatic heterocycles. The normalized spacial score (nSPS) is 11.2. The van der Waals surface area contributed by atoms with Crippen molar-refractivity contribution in [1.82, 2.24) is 0 Å². The zero-order valence-corrected chi connectivity index (χ0v) is 8.90. The topological polar surface area (TPSA) is 29.1 Å². The van der Waals surface area contributed by atoms with Gasteiger partial charge in [0.05, 0.1) is 5.56 Å². The molecule has 0 aromatic heterocycles. The number of carbonyl (C=O) groups excluding carboxylic acids is 1. The van der Waals surface area contributed by atoms with Gasteiger partial charge in [-0.2, -0.15) is 13.2 Å². The Kier molecular flexibility index (Phi) is 4.18. The third kappa shape index (κ3) is 3.73. The molecule has 0 saturated carbocycles. The molecule has 0 aliphatic carbocycles. The Balaban J connectivity index is 2.79. The lowest BCUT2D eigenvalue weighted by molar-refractivity contribution is -0.137. The summed E-state index contributed by atoms with van der Waals surface area (Å²) in [4.78, 5) is 11.1. The van der Waals surface area contributed by atoms with Gasteiger partial charge in [-0.15, -0.1) is 11.6 Å². The van der Waals surface area contributed by atoms with Crippen LogP contribution in [0.1, 0.15) is 12.0 Å². The fourth-order valence-electron chi connectivity index (χ4n) is 1.08. The summed E-state index contributed by atoms with van der Waals surface area (Å²) < 4.78 is 37.0. The van der Waals surface area contributed by atoms with Crippen molar-refractivity contribution in [2.24, 2.45) is 0 Å². The molecule has 1 N–H and O–H groups in total. The summed E-state index contributed by atoms with van der Waals surface area (Å²) in [7, 11) is 0. The van der Waals surface area contributed by atoms with Crippen molar-refractivity contribution in [2.75, 3.05) is 11.2 Å². The number of amides is 1. The molecule has 0 aliphatic rings. The summed E-state index contributed by atoms with van der Waals surface area (Å²) in [6.07, 6.45) is -4.34. The molecule has 88 valence electrons. The Hall–Kier alpha value is -1.23. The second-order valence-electron chi connectivity index (χ2n) is 3.07. The fourth-order valence-corrected chi connectivity index (χ4v) is 1.25. The van der Waals surface area contributed by atoms with E-state index in [4.69, 9.17) is 11.6 Å². The van der Waals surface area contributed by atoms with Crippen molar-refractivity contribution in [3.63, 3.8) is 0 Å². The van der Waals surface area contributed by atoms with Gasteiger partial charge in [-0.3, -0.25) is 4.79 Å². The van der Waals surface area contributed by atoms with Gasteiger partial charge >= 0.3 is 6.18 Å². The van der Waals surface area contributed by atoms with Crippen molar-refractivity contribution >= 4 is 23.2 Å². The molecule has 1 amide bonds. The van der Waals surface area contributed by atoms with E-state index in [2.05, 4.69) is 5.32 Å². The highest BCUT2D eigenvalue weighted by molar-refractivity contribution is 6.19. The first-order valence-corrected chi connectivity index (χ1v) is 5.00. The highest BCUT2D eigenvalue weighted by atomic mass is 35.5. The quantitative estimate of drug-likeness (QED) is 0.821. The van der Waals surface area contributed by atoms with Crippen LogP contribution in [0.15, 0.2) is 24.3 Å². The molecule has 0 fully saturated rings.